The van der Waals surface area contributed by atoms with Crippen LogP contribution in [0.3, 0.4) is 0 Å². The Bertz CT molecular complexity index is 469. The van der Waals surface area contributed by atoms with E-state index in [1.54, 1.807) is 12.1 Å². The molecule has 0 aliphatic rings. The number of aryl methyl sites for hydroxylation is 1. The second-order valence-corrected chi connectivity index (χ2v) is 5.82. The van der Waals surface area contributed by atoms with Crippen molar-refractivity contribution < 1.29 is 13.5 Å². The molecule has 0 heterocycles. The van der Waals surface area contributed by atoms with Gasteiger partial charge in [0.05, 0.1) is 11.4 Å². The average molecular weight is 257 g/mol. The summed E-state index contributed by atoms with van der Waals surface area (Å²) >= 11 is 0. The molecule has 0 aliphatic carbocycles. The molecule has 1 aromatic rings. The van der Waals surface area contributed by atoms with Crippen molar-refractivity contribution >= 4 is 15.7 Å². The van der Waals surface area contributed by atoms with Crippen LogP contribution >= 0.6 is 0 Å². The van der Waals surface area contributed by atoms with Gasteiger partial charge in [-0.3, -0.25) is 4.72 Å². The summed E-state index contributed by atoms with van der Waals surface area (Å²) in [6.07, 6.45) is 2.23. The summed E-state index contributed by atoms with van der Waals surface area (Å²) in [5.41, 5.74) is 1.25. The minimum atomic E-state index is -3.35. The molecule has 0 saturated carbocycles. The van der Waals surface area contributed by atoms with Crippen molar-refractivity contribution in [1.29, 1.82) is 0 Å². The predicted octanol–water partition coefficient (Wildman–Crippen LogP) is 2.50. The Morgan fingerprint density at radius 1 is 1.29 bits per heavy atom. The van der Waals surface area contributed by atoms with E-state index in [4.69, 9.17) is 0 Å². The maximum atomic E-state index is 11.7. The normalized spacial score (nSPS) is 11.4. The summed E-state index contributed by atoms with van der Waals surface area (Å²) in [6, 6.07) is 4.95. The number of hydrogen-bond donors (Lipinski definition) is 2. The molecule has 0 bridgehead atoms. The number of benzene rings is 1. The third kappa shape index (κ3) is 4.26. The molecule has 0 saturated heterocycles. The number of anilines is 1. The van der Waals surface area contributed by atoms with Crippen LogP contribution in [0.15, 0.2) is 18.2 Å². The quantitative estimate of drug-likeness (QED) is 0.769. The Morgan fingerprint density at radius 3 is 2.59 bits per heavy atom. The maximum absolute atomic E-state index is 11.7. The molecule has 0 atom stereocenters. The molecule has 17 heavy (non-hydrogen) atoms. The van der Waals surface area contributed by atoms with E-state index in [0.717, 1.165) is 18.4 Å². The maximum Gasteiger partial charge on any atom is 0.232 e. The van der Waals surface area contributed by atoms with Crippen molar-refractivity contribution in [3.05, 3.63) is 23.8 Å². The van der Waals surface area contributed by atoms with Gasteiger partial charge >= 0.3 is 0 Å². The number of aromatic hydroxyl groups is 1. The highest BCUT2D eigenvalue weighted by Gasteiger charge is 2.12. The summed E-state index contributed by atoms with van der Waals surface area (Å²) < 4.78 is 25.8. The Kier molecular flexibility index (Phi) is 4.81. The monoisotopic (exact) mass is 257 g/mol. The van der Waals surface area contributed by atoms with Gasteiger partial charge in [-0.25, -0.2) is 8.42 Å². The Labute approximate surface area is 103 Å². The molecule has 0 spiro atoms. The number of rotatable bonds is 6. The van der Waals surface area contributed by atoms with Gasteiger partial charge in [0.2, 0.25) is 10.0 Å². The lowest BCUT2D eigenvalue weighted by molar-refractivity contribution is 0.477. The van der Waals surface area contributed by atoms with Crippen molar-refractivity contribution in [2.45, 2.75) is 33.1 Å². The van der Waals surface area contributed by atoms with E-state index < -0.39 is 10.0 Å². The van der Waals surface area contributed by atoms with Gasteiger partial charge in [0, 0.05) is 0 Å². The lowest BCUT2D eigenvalue weighted by Crippen LogP contribution is -2.16. The summed E-state index contributed by atoms with van der Waals surface area (Å²) in [7, 11) is -3.35. The molecular weight excluding hydrogens is 238 g/mol. The Balaban J connectivity index is 2.87. The minimum absolute atomic E-state index is 0.0396. The Morgan fingerprint density at radius 2 is 2.00 bits per heavy atom. The number of unbranched alkanes of at least 4 members (excludes halogenated alkanes) is 1. The first kappa shape index (κ1) is 13.8. The third-order valence-electron chi connectivity index (χ3n) is 2.50. The number of sulfonamides is 1. The summed E-state index contributed by atoms with van der Waals surface area (Å²) in [6.45, 7) is 3.91. The molecule has 0 radical (unpaired) electrons. The van der Waals surface area contributed by atoms with E-state index in [2.05, 4.69) is 4.72 Å². The van der Waals surface area contributed by atoms with Crippen LogP contribution in [0.5, 0.6) is 5.75 Å². The first-order valence-corrected chi connectivity index (χ1v) is 7.46. The van der Waals surface area contributed by atoms with Gasteiger partial charge in [-0.15, -0.1) is 0 Å². The molecule has 0 fully saturated rings. The van der Waals surface area contributed by atoms with E-state index in [0.29, 0.717) is 6.42 Å². The molecule has 0 amide bonds. The van der Waals surface area contributed by atoms with Gasteiger partial charge in [-0.1, -0.05) is 26.3 Å². The van der Waals surface area contributed by atoms with Crippen LogP contribution in [0.1, 0.15) is 32.3 Å². The molecule has 96 valence electrons. The number of phenols is 1. The van der Waals surface area contributed by atoms with Crippen LogP contribution in [-0.4, -0.2) is 19.3 Å². The SMILES string of the molecule is CCCCS(=O)(=O)Nc1cc(CC)ccc1O. The van der Waals surface area contributed by atoms with Gasteiger partial charge in [-0.05, 0) is 30.5 Å². The zero-order valence-electron chi connectivity index (χ0n) is 10.2. The number of nitrogens with one attached hydrogen (secondary N) is 1. The largest absolute Gasteiger partial charge is 0.506 e. The van der Waals surface area contributed by atoms with Crippen LogP contribution in [-0.2, 0) is 16.4 Å². The van der Waals surface area contributed by atoms with Crippen molar-refractivity contribution in [2.24, 2.45) is 0 Å². The van der Waals surface area contributed by atoms with Crippen molar-refractivity contribution in [1.82, 2.24) is 0 Å². The molecule has 0 unspecified atom stereocenters. The van der Waals surface area contributed by atoms with Gasteiger partial charge in [-0.2, -0.15) is 0 Å². The second kappa shape index (κ2) is 5.91. The third-order valence-corrected chi connectivity index (χ3v) is 3.86. The molecule has 2 N–H and O–H groups in total. The lowest BCUT2D eigenvalue weighted by Gasteiger charge is -2.10. The summed E-state index contributed by atoms with van der Waals surface area (Å²) in [4.78, 5) is 0. The predicted molar refractivity (Wildman–Crippen MR) is 69.8 cm³/mol. The molecule has 1 rings (SSSR count). The smallest absolute Gasteiger partial charge is 0.232 e. The fourth-order valence-corrected chi connectivity index (χ4v) is 2.71. The molecular formula is C12H19NO3S. The van der Waals surface area contributed by atoms with E-state index >= 15 is 0 Å². The second-order valence-electron chi connectivity index (χ2n) is 3.98. The van der Waals surface area contributed by atoms with E-state index in [-0.39, 0.29) is 17.2 Å². The standard InChI is InChI=1S/C12H19NO3S/c1-3-5-8-17(15,16)13-11-9-10(4-2)6-7-12(11)14/h6-7,9,13-14H,3-5,8H2,1-2H3. The van der Waals surface area contributed by atoms with E-state index in [1.165, 1.54) is 6.07 Å². The highest BCUT2D eigenvalue weighted by atomic mass is 32.2. The van der Waals surface area contributed by atoms with E-state index in [1.807, 2.05) is 13.8 Å². The highest BCUT2D eigenvalue weighted by molar-refractivity contribution is 7.92. The Hall–Kier alpha value is -1.23. The van der Waals surface area contributed by atoms with Gasteiger partial charge < -0.3 is 5.11 Å². The molecule has 4 nitrogen and oxygen atoms in total. The first-order valence-electron chi connectivity index (χ1n) is 5.81. The van der Waals surface area contributed by atoms with Crippen molar-refractivity contribution in [3.8, 4) is 5.75 Å². The minimum Gasteiger partial charge on any atom is -0.506 e. The highest BCUT2D eigenvalue weighted by Crippen LogP contribution is 2.25. The van der Waals surface area contributed by atoms with Gasteiger partial charge in [0.15, 0.2) is 0 Å². The number of phenolic OH excluding ortho intramolecular Hbond substituents is 1. The van der Waals surface area contributed by atoms with Crippen LogP contribution in [0.4, 0.5) is 5.69 Å². The zero-order valence-corrected chi connectivity index (χ0v) is 11.0. The van der Waals surface area contributed by atoms with Crippen LogP contribution in [0.2, 0.25) is 0 Å². The number of hydrogen-bond acceptors (Lipinski definition) is 3. The summed E-state index contributed by atoms with van der Waals surface area (Å²) in [5, 5.41) is 9.59. The lowest BCUT2D eigenvalue weighted by atomic mass is 10.1. The van der Waals surface area contributed by atoms with Gasteiger partial charge in [0.25, 0.3) is 0 Å². The summed E-state index contributed by atoms with van der Waals surface area (Å²) in [5.74, 6) is 0.0431. The average Bonchev–Trinajstić information content (AvgIpc) is 2.29. The first-order chi connectivity index (χ1) is 7.98. The van der Waals surface area contributed by atoms with E-state index in [9.17, 15) is 13.5 Å². The van der Waals surface area contributed by atoms with Crippen molar-refractivity contribution in [3.63, 3.8) is 0 Å². The van der Waals surface area contributed by atoms with Crippen LogP contribution < -0.4 is 4.72 Å². The van der Waals surface area contributed by atoms with Crippen LogP contribution in [0.25, 0.3) is 0 Å². The molecule has 1 aromatic carbocycles. The molecule has 0 aromatic heterocycles. The van der Waals surface area contributed by atoms with Gasteiger partial charge in [0.1, 0.15) is 5.75 Å². The van der Waals surface area contributed by atoms with Crippen LogP contribution in [0, 0.1) is 0 Å². The molecule has 0 aliphatic heterocycles. The zero-order chi connectivity index (χ0) is 12.9. The fraction of sp³-hybridized carbons (Fsp3) is 0.500. The fourth-order valence-electron chi connectivity index (χ4n) is 1.44. The van der Waals surface area contributed by atoms with Crippen molar-refractivity contribution in [2.75, 3.05) is 10.5 Å². The molecule has 5 heteroatoms. The topological polar surface area (TPSA) is 66.4 Å².